The average Bonchev–Trinajstić information content (AvgIpc) is 2.11. The number of aromatic nitrogens is 2. The molecule has 3 rings (SSSR count). The molecule has 0 amide bonds. The Kier molecular flexibility index (Phi) is 1.64. The first kappa shape index (κ1) is 8.84. The van der Waals surface area contributed by atoms with Gasteiger partial charge in [-0.25, -0.2) is 0 Å². The Balaban J connectivity index is 2.49. The van der Waals surface area contributed by atoms with E-state index in [0.717, 1.165) is 23.1 Å². The maximum Gasteiger partial charge on any atom is 0.0924 e. The molecule has 2 aromatic rings. The highest BCUT2D eigenvalue weighted by Crippen LogP contribution is 2.30. The molecule has 0 unspecified atom stereocenters. The van der Waals surface area contributed by atoms with Gasteiger partial charge in [0.2, 0.25) is 0 Å². The molecule has 0 atom stereocenters. The summed E-state index contributed by atoms with van der Waals surface area (Å²) in [4.78, 5) is 9.31. The Hall–Kier alpha value is -1.44. The average molecular weight is 198 g/mol. The van der Waals surface area contributed by atoms with Gasteiger partial charge in [-0.05, 0) is 56.4 Å². The van der Waals surface area contributed by atoms with Crippen LogP contribution >= 0.6 is 0 Å². The van der Waals surface area contributed by atoms with Gasteiger partial charge in [-0.3, -0.25) is 9.97 Å². The minimum absolute atomic E-state index is 1.09. The van der Waals surface area contributed by atoms with E-state index in [1.165, 1.54) is 28.8 Å². The first-order chi connectivity index (χ1) is 7.16. The Bertz CT molecular complexity index is 570. The van der Waals surface area contributed by atoms with Crippen LogP contribution in [0.25, 0.3) is 11.0 Å². The van der Waals surface area contributed by atoms with Crippen molar-refractivity contribution in [3.63, 3.8) is 0 Å². The topological polar surface area (TPSA) is 25.8 Å². The van der Waals surface area contributed by atoms with Crippen LogP contribution < -0.4 is 0 Å². The maximum absolute atomic E-state index is 4.70. The van der Waals surface area contributed by atoms with Crippen LogP contribution in [0.4, 0.5) is 0 Å². The van der Waals surface area contributed by atoms with Gasteiger partial charge in [-0.1, -0.05) is 0 Å². The van der Waals surface area contributed by atoms with Crippen molar-refractivity contribution < 1.29 is 0 Å². The summed E-state index contributed by atoms with van der Waals surface area (Å²) >= 11 is 0. The molecule has 2 nitrogen and oxygen atoms in total. The van der Waals surface area contributed by atoms with E-state index in [2.05, 4.69) is 24.9 Å². The Morgan fingerprint density at radius 3 is 2.47 bits per heavy atom. The van der Waals surface area contributed by atoms with Crippen LogP contribution in [0.3, 0.4) is 0 Å². The monoisotopic (exact) mass is 198 g/mol. The predicted molar refractivity (Wildman–Crippen MR) is 61.2 cm³/mol. The zero-order chi connectivity index (χ0) is 10.6. The van der Waals surface area contributed by atoms with Gasteiger partial charge in [0.05, 0.1) is 11.0 Å². The quantitative estimate of drug-likeness (QED) is 0.650. The second kappa shape index (κ2) is 2.78. The van der Waals surface area contributed by atoms with E-state index < -0.39 is 0 Å². The van der Waals surface area contributed by atoms with Crippen LogP contribution in [0.2, 0.25) is 0 Å². The van der Waals surface area contributed by atoms with Crippen LogP contribution in [0.15, 0.2) is 6.07 Å². The molecule has 0 aromatic carbocycles. The molecule has 2 heteroatoms. The molecule has 0 N–H and O–H groups in total. The molecule has 76 valence electrons. The molecule has 1 aliphatic rings. The molecule has 1 aliphatic carbocycles. The molecule has 0 fully saturated rings. The van der Waals surface area contributed by atoms with Crippen molar-refractivity contribution in [2.24, 2.45) is 0 Å². The molecule has 0 bridgehead atoms. The summed E-state index contributed by atoms with van der Waals surface area (Å²) in [6, 6.07) is 2.11. The lowest BCUT2D eigenvalue weighted by molar-refractivity contribution is 0.787. The second-order valence-corrected chi connectivity index (χ2v) is 4.44. The number of hydrogen-bond acceptors (Lipinski definition) is 2. The van der Waals surface area contributed by atoms with Gasteiger partial charge in [0.15, 0.2) is 0 Å². The summed E-state index contributed by atoms with van der Waals surface area (Å²) in [7, 11) is 0. The number of fused-ring (bicyclic) bond motifs is 2. The van der Waals surface area contributed by atoms with Crippen LogP contribution in [0.5, 0.6) is 0 Å². The van der Waals surface area contributed by atoms with E-state index in [1.54, 1.807) is 0 Å². The zero-order valence-corrected chi connectivity index (χ0v) is 9.39. The third-order valence-electron chi connectivity index (χ3n) is 3.33. The van der Waals surface area contributed by atoms with Gasteiger partial charge in [0.1, 0.15) is 0 Å². The molecule has 0 saturated heterocycles. The van der Waals surface area contributed by atoms with Crippen LogP contribution in [0.1, 0.15) is 28.1 Å². The third-order valence-corrected chi connectivity index (χ3v) is 3.33. The number of rotatable bonds is 0. The van der Waals surface area contributed by atoms with Crippen molar-refractivity contribution >= 4 is 11.0 Å². The number of pyridine rings is 2. The van der Waals surface area contributed by atoms with Crippen molar-refractivity contribution in [2.45, 2.75) is 33.6 Å². The normalized spacial score (nSPS) is 13.8. The van der Waals surface area contributed by atoms with Crippen molar-refractivity contribution in [3.05, 3.63) is 34.1 Å². The molecule has 2 aromatic heterocycles. The van der Waals surface area contributed by atoms with Crippen molar-refractivity contribution in [2.75, 3.05) is 0 Å². The van der Waals surface area contributed by atoms with E-state index in [-0.39, 0.29) is 0 Å². The van der Waals surface area contributed by atoms with Gasteiger partial charge in [-0.15, -0.1) is 0 Å². The second-order valence-electron chi connectivity index (χ2n) is 4.44. The minimum atomic E-state index is 1.09. The molecule has 0 saturated carbocycles. The maximum atomic E-state index is 4.70. The summed E-state index contributed by atoms with van der Waals surface area (Å²) in [5.74, 6) is 0. The number of hydrogen-bond donors (Lipinski definition) is 0. The summed E-state index contributed by atoms with van der Waals surface area (Å²) in [6.45, 7) is 6.34. The predicted octanol–water partition coefficient (Wildman–Crippen LogP) is 2.65. The van der Waals surface area contributed by atoms with E-state index in [4.69, 9.17) is 4.98 Å². The van der Waals surface area contributed by atoms with Crippen molar-refractivity contribution in [1.29, 1.82) is 0 Å². The van der Waals surface area contributed by atoms with E-state index in [9.17, 15) is 0 Å². The standard InChI is InChI=1S/C13H14N2/c1-7-6-8(2)14-13-9(3)10-4-5-11(10)15-12(7)13/h6H,4-5H2,1-3H3. The molecular formula is C13H14N2. The molecule has 0 aliphatic heterocycles. The summed E-state index contributed by atoms with van der Waals surface area (Å²) in [6.07, 6.45) is 2.32. The number of aryl methyl sites for hydroxylation is 4. The fraction of sp³-hybridized carbons (Fsp3) is 0.385. The van der Waals surface area contributed by atoms with Crippen LogP contribution in [-0.4, -0.2) is 9.97 Å². The fourth-order valence-electron chi connectivity index (χ4n) is 2.40. The van der Waals surface area contributed by atoms with Gasteiger partial charge < -0.3 is 0 Å². The minimum Gasteiger partial charge on any atom is -0.251 e. The van der Waals surface area contributed by atoms with Crippen molar-refractivity contribution in [3.8, 4) is 0 Å². The highest BCUT2D eigenvalue weighted by Gasteiger charge is 2.20. The lowest BCUT2D eigenvalue weighted by Gasteiger charge is -2.21. The SMILES string of the molecule is Cc1cc(C)c2nc3c(c(C)c2n1)CC3. The molecule has 2 heterocycles. The van der Waals surface area contributed by atoms with E-state index in [0.29, 0.717) is 0 Å². The zero-order valence-electron chi connectivity index (χ0n) is 9.39. The van der Waals surface area contributed by atoms with Gasteiger partial charge in [-0.2, -0.15) is 0 Å². The molecule has 0 radical (unpaired) electrons. The van der Waals surface area contributed by atoms with Gasteiger partial charge in [0.25, 0.3) is 0 Å². The third kappa shape index (κ3) is 1.11. The van der Waals surface area contributed by atoms with E-state index in [1.807, 2.05) is 6.92 Å². The lowest BCUT2D eigenvalue weighted by Crippen LogP contribution is -2.14. The molecule has 0 spiro atoms. The van der Waals surface area contributed by atoms with E-state index >= 15 is 0 Å². The number of nitrogens with zero attached hydrogens (tertiary/aromatic N) is 2. The van der Waals surface area contributed by atoms with Crippen LogP contribution in [0, 0.1) is 20.8 Å². The fourth-order valence-corrected chi connectivity index (χ4v) is 2.40. The summed E-state index contributed by atoms with van der Waals surface area (Å²) in [5.41, 5.74) is 8.59. The summed E-state index contributed by atoms with van der Waals surface area (Å²) < 4.78 is 0. The Morgan fingerprint density at radius 1 is 1.00 bits per heavy atom. The first-order valence-electron chi connectivity index (χ1n) is 5.43. The largest absolute Gasteiger partial charge is 0.251 e. The first-order valence-corrected chi connectivity index (χ1v) is 5.43. The lowest BCUT2D eigenvalue weighted by atomic mass is 9.88. The van der Waals surface area contributed by atoms with Crippen LogP contribution in [-0.2, 0) is 12.8 Å². The Morgan fingerprint density at radius 2 is 1.80 bits per heavy atom. The molecular weight excluding hydrogens is 184 g/mol. The highest BCUT2D eigenvalue weighted by molar-refractivity contribution is 5.83. The molecule has 15 heavy (non-hydrogen) atoms. The van der Waals surface area contributed by atoms with Crippen molar-refractivity contribution in [1.82, 2.24) is 9.97 Å². The Labute approximate surface area is 89.4 Å². The van der Waals surface area contributed by atoms with Gasteiger partial charge >= 0.3 is 0 Å². The smallest absolute Gasteiger partial charge is 0.0924 e. The highest BCUT2D eigenvalue weighted by atomic mass is 14.8. The summed E-state index contributed by atoms with van der Waals surface area (Å²) in [5, 5.41) is 0. The van der Waals surface area contributed by atoms with Gasteiger partial charge in [0, 0.05) is 11.4 Å².